The highest BCUT2D eigenvalue weighted by Crippen LogP contribution is 2.57. The Morgan fingerprint density at radius 3 is 1.22 bits per heavy atom. The van der Waals surface area contributed by atoms with E-state index in [-0.39, 0.29) is 36.0 Å². The third kappa shape index (κ3) is 8.01. The van der Waals surface area contributed by atoms with Gasteiger partial charge in [-0.2, -0.15) is 0 Å². The Morgan fingerprint density at radius 2 is 0.944 bits per heavy atom. The van der Waals surface area contributed by atoms with Crippen molar-refractivity contribution < 1.29 is 38.1 Å². The summed E-state index contributed by atoms with van der Waals surface area (Å²) in [4.78, 5) is 47.0. The number of rotatable bonds is 8. The Hall–Kier alpha value is -3.00. The summed E-state index contributed by atoms with van der Waals surface area (Å²) in [6, 6.07) is 0. The van der Waals surface area contributed by atoms with Crippen LogP contribution in [0.3, 0.4) is 0 Å². The lowest BCUT2D eigenvalue weighted by Gasteiger charge is -2.59. The largest absolute Gasteiger partial charge is 0.456 e. The standard InChI is InChI=1S/C24H34O7.C4H6O/c1-15(2)18(25)29-22(8)12-23(30-19(26)16(3)4)10-21(7,28-9)11-24(13-22,14-23)31-20(27)17(5)6;1-4(2)3-5/h1,3,5,10-14H2,2,4,6-9H3;3H,1H2,2H3. The number of carbonyl (C=O) groups excluding carboxylic acids is 4. The topological polar surface area (TPSA) is 105 Å². The molecule has 2 aliphatic carbocycles. The van der Waals surface area contributed by atoms with Crippen molar-refractivity contribution in [2.75, 3.05) is 7.11 Å². The quantitative estimate of drug-likeness (QED) is 0.202. The van der Waals surface area contributed by atoms with E-state index in [2.05, 4.69) is 26.3 Å². The fourth-order valence-corrected chi connectivity index (χ4v) is 5.12. The van der Waals surface area contributed by atoms with Crippen LogP contribution in [-0.4, -0.2) is 53.7 Å². The van der Waals surface area contributed by atoms with E-state index < -0.39 is 40.3 Å². The van der Waals surface area contributed by atoms with Gasteiger partial charge in [-0.15, -0.1) is 0 Å². The van der Waals surface area contributed by atoms with Gasteiger partial charge in [-0.05, 0) is 47.1 Å². The van der Waals surface area contributed by atoms with E-state index in [1.165, 1.54) is 0 Å². The molecule has 0 radical (unpaired) electrons. The third-order valence-corrected chi connectivity index (χ3v) is 6.13. The molecule has 0 aliphatic heterocycles. The van der Waals surface area contributed by atoms with Crippen LogP contribution < -0.4 is 0 Å². The summed E-state index contributed by atoms with van der Waals surface area (Å²) in [5.41, 5.74) is -2.65. The van der Waals surface area contributed by atoms with Gasteiger partial charge in [0, 0.05) is 55.9 Å². The molecule has 2 fully saturated rings. The van der Waals surface area contributed by atoms with Crippen molar-refractivity contribution in [2.45, 2.75) is 96.1 Å². The Kier molecular flexibility index (Phi) is 9.80. The molecule has 0 aromatic carbocycles. The lowest BCUT2D eigenvalue weighted by atomic mass is 9.57. The summed E-state index contributed by atoms with van der Waals surface area (Å²) in [6.45, 7) is 24.3. The number of ether oxygens (including phenoxy) is 4. The zero-order valence-corrected chi connectivity index (χ0v) is 22.7. The summed E-state index contributed by atoms with van der Waals surface area (Å²) in [7, 11) is 1.57. The van der Waals surface area contributed by atoms with Gasteiger partial charge in [-0.1, -0.05) is 26.3 Å². The maximum atomic E-state index is 12.6. The molecule has 0 N–H and O–H groups in total. The fourth-order valence-electron chi connectivity index (χ4n) is 5.12. The molecule has 0 amide bonds. The van der Waals surface area contributed by atoms with Gasteiger partial charge in [0.15, 0.2) is 0 Å². The van der Waals surface area contributed by atoms with E-state index in [9.17, 15) is 19.2 Å². The monoisotopic (exact) mass is 504 g/mol. The van der Waals surface area contributed by atoms with Gasteiger partial charge in [0.05, 0.1) is 5.60 Å². The van der Waals surface area contributed by atoms with Crippen molar-refractivity contribution >= 4 is 24.2 Å². The molecule has 0 aromatic rings. The average Bonchev–Trinajstić information content (AvgIpc) is 2.71. The molecule has 8 nitrogen and oxygen atoms in total. The molecule has 0 saturated heterocycles. The summed E-state index contributed by atoms with van der Waals surface area (Å²) in [6.07, 6.45) is 2.13. The predicted molar refractivity (Wildman–Crippen MR) is 136 cm³/mol. The molecule has 2 bridgehead atoms. The first kappa shape index (κ1) is 31.0. The first-order chi connectivity index (χ1) is 16.3. The smallest absolute Gasteiger partial charge is 0.333 e. The van der Waals surface area contributed by atoms with Gasteiger partial charge in [-0.25, -0.2) is 14.4 Å². The van der Waals surface area contributed by atoms with E-state index in [0.29, 0.717) is 18.4 Å². The summed E-state index contributed by atoms with van der Waals surface area (Å²) in [5, 5.41) is 0. The van der Waals surface area contributed by atoms with Gasteiger partial charge in [0.2, 0.25) is 0 Å². The number of hydrogen-bond acceptors (Lipinski definition) is 8. The van der Waals surface area contributed by atoms with E-state index in [0.717, 1.165) is 6.29 Å². The van der Waals surface area contributed by atoms with E-state index in [1.807, 2.05) is 6.92 Å². The molecule has 2 unspecified atom stereocenters. The van der Waals surface area contributed by atoms with E-state index >= 15 is 0 Å². The average molecular weight is 505 g/mol. The molecule has 8 heteroatoms. The Morgan fingerprint density at radius 1 is 0.639 bits per heavy atom. The molecule has 2 rings (SSSR count). The minimum atomic E-state index is -1.09. The molecule has 0 spiro atoms. The summed E-state index contributed by atoms with van der Waals surface area (Å²) < 4.78 is 23.5. The van der Waals surface area contributed by atoms with Crippen molar-refractivity contribution in [1.29, 1.82) is 0 Å². The Bertz CT molecular complexity index is 920. The second-order valence-electron chi connectivity index (χ2n) is 10.8. The number of carbonyl (C=O) groups is 4. The highest BCUT2D eigenvalue weighted by atomic mass is 16.6. The number of methoxy groups -OCH3 is 1. The van der Waals surface area contributed by atoms with Crippen molar-refractivity contribution in [2.24, 2.45) is 0 Å². The maximum Gasteiger partial charge on any atom is 0.333 e. The van der Waals surface area contributed by atoms with Gasteiger partial charge >= 0.3 is 17.9 Å². The van der Waals surface area contributed by atoms with Crippen LogP contribution in [0.5, 0.6) is 0 Å². The van der Waals surface area contributed by atoms with Crippen LogP contribution in [0.15, 0.2) is 48.6 Å². The van der Waals surface area contributed by atoms with Crippen molar-refractivity contribution in [3.05, 3.63) is 48.6 Å². The molecular weight excluding hydrogens is 464 g/mol. The minimum absolute atomic E-state index is 0.226. The van der Waals surface area contributed by atoms with Crippen molar-refractivity contribution in [1.82, 2.24) is 0 Å². The van der Waals surface area contributed by atoms with Gasteiger partial charge in [0.1, 0.15) is 23.1 Å². The van der Waals surface area contributed by atoms with E-state index in [1.54, 1.807) is 41.7 Å². The highest BCUT2D eigenvalue weighted by Gasteiger charge is 2.65. The highest BCUT2D eigenvalue weighted by molar-refractivity contribution is 5.88. The van der Waals surface area contributed by atoms with Crippen molar-refractivity contribution in [3.8, 4) is 0 Å². The number of allylic oxidation sites excluding steroid dienone is 1. The fraction of sp³-hybridized carbons (Fsp3) is 0.571. The van der Waals surface area contributed by atoms with Crippen LogP contribution in [-0.2, 0) is 38.1 Å². The van der Waals surface area contributed by atoms with Crippen LogP contribution in [0.25, 0.3) is 0 Å². The zero-order chi connectivity index (χ0) is 28.1. The molecule has 0 aromatic heterocycles. The number of fused-ring (bicyclic) bond motifs is 2. The lowest BCUT2D eigenvalue weighted by molar-refractivity contribution is -0.258. The van der Waals surface area contributed by atoms with Crippen molar-refractivity contribution in [3.63, 3.8) is 0 Å². The lowest BCUT2D eigenvalue weighted by Crippen LogP contribution is -2.67. The molecule has 200 valence electrons. The van der Waals surface area contributed by atoms with Gasteiger partial charge in [-0.3, -0.25) is 4.79 Å². The van der Waals surface area contributed by atoms with E-state index in [4.69, 9.17) is 18.9 Å². The number of hydrogen-bond donors (Lipinski definition) is 0. The van der Waals surface area contributed by atoms with Crippen LogP contribution in [0.4, 0.5) is 0 Å². The maximum absolute atomic E-state index is 12.6. The van der Waals surface area contributed by atoms with Gasteiger partial charge in [0.25, 0.3) is 0 Å². The molecule has 2 aliphatic rings. The zero-order valence-electron chi connectivity index (χ0n) is 22.7. The SMILES string of the molecule is C=C(C)C(=O)OC1(C)CC2(OC(=O)C(=C)C)CC(C)(OC)CC(OC(=O)C(=C)C)(C1)C2.C=C(C)C=O. The second-order valence-corrected chi connectivity index (χ2v) is 10.8. The third-order valence-electron chi connectivity index (χ3n) is 6.13. The summed E-state index contributed by atoms with van der Waals surface area (Å²) in [5.74, 6) is -1.67. The Balaban J connectivity index is 0.00000118. The second kappa shape index (κ2) is 11.4. The van der Waals surface area contributed by atoms with Gasteiger partial charge < -0.3 is 18.9 Å². The number of esters is 3. The van der Waals surface area contributed by atoms with Crippen LogP contribution >= 0.6 is 0 Å². The first-order valence-corrected chi connectivity index (χ1v) is 11.7. The van der Waals surface area contributed by atoms with Crippen LogP contribution in [0.1, 0.15) is 73.6 Å². The molecular formula is C28H40O8. The molecule has 2 saturated carbocycles. The normalized spacial score (nSPS) is 30.4. The van der Waals surface area contributed by atoms with Crippen LogP contribution in [0, 0.1) is 0 Å². The first-order valence-electron chi connectivity index (χ1n) is 11.7. The Labute approximate surface area is 214 Å². The minimum Gasteiger partial charge on any atom is -0.456 e. The molecule has 0 heterocycles. The number of aldehydes is 1. The predicted octanol–water partition coefficient (Wildman–Crippen LogP) is 4.72. The molecule has 36 heavy (non-hydrogen) atoms. The summed E-state index contributed by atoms with van der Waals surface area (Å²) >= 11 is 0. The van der Waals surface area contributed by atoms with Crippen LogP contribution in [0.2, 0.25) is 0 Å². The molecule has 2 atom stereocenters.